The van der Waals surface area contributed by atoms with Gasteiger partial charge in [0.25, 0.3) is 5.91 Å². The SMILES string of the molecule is CCc1c(F)ccc2cc(O)cc(N3Cc4nc(OC[C@@]56CCCN5C[C@H](F)C6)nc(N5CCC6(CC5)CNC6)c4C3=O)c12. The Balaban J connectivity index is 1.18. The van der Waals surface area contributed by atoms with Crippen LogP contribution in [0.25, 0.3) is 10.8 Å². The molecular weight excluding hydrogens is 566 g/mol. The van der Waals surface area contributed by atoms with Crippen molar-refractivity contribution in [2.45, 2.75) is 63.7 Å². The van der Waals surface area contributed by atoms with Crippen LogP contribution in [0.5, 0.6) is 11.8 Å². The molecule has 2 N–H and O–H groups in total. The third-order valence-electron chi connectivity index (χ3n) is 10.8. The molecule has 0 aliphatic carbocycles. The van der Waals surface area contributed by atoms with E-state index in [1.54, 1.807) is 17.0 Å². The van der Waals surface area contributed by atoms with E-state index in [2.05, 4.69) is 15.1 Å². The number of fused-ring (bicyclic) bond motifs is 3. The van der Waals surface area contributed by atoms with Gasteiger partial charge in [-0.1, -0.05) is 13.0 Å². The summed E-state index contributed by atoms with van der Waals surface area (Å²) in [5, 5.41) is 15.3. The molecule has 0 unspecified atom stereocenters. The molecule has 8 rings (SSSR count). The molecule has 232 valence electrons. The summed E-state index contributed by atoms with van der Waals surface area (Å²) in [6, 6.07) is 6.36. The number of benzene rings is 2. The van der Waals surface area contributed by atoms with Gasteiger partial charge < -0.3 is 25.0 Å². The molecule has 2 aromatic carbocycles. The molecule has 9 nitrogen and oxygen atoms in total. The van der Waals surface area contributed by atoms with Crippen LogP contribution in [0.4, 0.5) is 20.3 Å². The summed E-state index contributed by atoms with van der Waals surface area (Å²) in [7, 11) is 0. The number of carbonyl (C=O) groups is 1. The number of halogens is 2. The highest BCUT2D eigenvalue weighted by Crippen LogP contribution is 2.44. The zero-order valence-corrected chi connectivity index (χ0v) is 25.0. The van der Waals surface area contributed by atoms with Gasteiger partial charge in [-0.25, -0.2) is 8.78 Å². The normalized spacial score (nSPS) is 26.0. The molecule has 0 saturated carbocycles. The van der Waals surface area contributed by atoms with Gasteiger partial charge >= 0.3 is 6.01 Å². The van der Waals surface area contributed by atoms with E-state index < -0.39 is 6.17 Å². The van der Waals surface area contributed by atoms with Crippen molar-refractivity contribution in [2.24, 2.45) is 5.41 Å². The Morgan fingerprint density at radius 3 is 2.70 bits per heavy atom. The van der Waals surface area contributed by atoms with Gasteiger partial charge in [-0.2, -0.15) is 9.97 Å². The number of alkyl halides is 1. The fourth-order valence-electron chi connectivity index (χ4n) is 8.36. The number of nitrogens with zero attached hydrogens (tertiary/aromatic N) is 5. The minimum atomic E-state index is -0.863. The van der Waals surface area contributed by atoms with E-state index >= 15 is 0 Å². The second-order valence-electron chi connectivity index (χ2n) is 13.4. The van der Waals surface area contributed by atoms with E-state index in [-0.39, 0.29) is 35.6 Å². The summed E-state index contributed by atoms with van der Waals surface area (Å²) >= 11 is 0. The topological polar surface area (TPSA) is 94.1 Å². The minimum absolute atomic E-state index is 0.00112. The quantitative estimate of drug-likeness (QED) is 0.429. The Labute approximate surface area is 255 Å². The number of hydrogen-bond donors (Lipinski definition) is 2. The van der Waals surface area contributed by atoms with Crippen LogP contribution in [0.3, 0.4) is 0 Å². The van der Waals surface area contributed by atoms with Crippen molar-refractivity contribution in [3.8, 4) is 11.8 Å². The van der Waals surface area contributed by atoms with Crippen molar-refractivity contribution in [3.05, 3.63) is 46.9 Å². The third-order valence-corrected chi connectivity index (χ3v) is 10.8. The Bertz CT molecular complexity index is 1650. The van der Waals surface area contributed by atoms with E-state index in [1.807, 2.05) is 6.92 Å². The van der Waals surface area contributed by atoms with E-state index in [9.17, 15) is 18.7 Å². The van der Waals surface area contributed by atoms with E-state index in [0.29, 0.717) is 70.5 Å². The number of phenols is 1. The summed E-state index contributed by atoms with van der Waals surface area (Å²) in [4.78, 5) is 29.9. The fourth-order valence-corrected chi connectivity index (χ4v) is 8.36. The van der Waals surface area contributed by atoms with Gasteiger partial charge in [0.1, 0.15) is 35.7 Å². The fraction of sp³-hybridized carbons (Fsp3) is 0.545. The first-order valence-electron chi connectivity index (χ1n) is 15.9. The van der Waals surface area contributed by atoms with Crippen LogP contribution in [0.1, 0.15) is 60.6 Å². The van der Waals surface area contributed by atoms with Gasteiger partial charge in [0.15, 0.2) is 0 Å². The van der Waals surface area contributed by atoms with E-state index in [0.717, 1.165) is 58.4 Å². The van der Waals surface area contributed by atoms with E-state index in [4.69, 9.17) is 14.7 Å². The lowest BCUT2D eigenvalue weighted by Gasteiger charge is -2.48. The number of aromatic hydroxyl groups is 1. The molecule has 3 aromatic rings. The highest BCUT2D eigenvalue weighted by molar-refractivity contribution is 6.16. The van der Waals surface area contributed by atoms with Crippen molar-refractivity contribution in [1.29, 1.82) is 0 Å². The molecule has 4 fully saturated rings. The Morgan fingerprint density at radius 2 is 1.95 bits per heavy atom. The summed E-state index contributed by atoms with van der Waals surface area (Å²) < 4.78 is 35.7. The highest BCUT2D eigenvalue weighted by Gasteiger charge is 2.50. The summed E-state index contributed by atoms with van der Waals surface area (Å²) in [6.45, 7) is 7.18. The number of ether oxygens (including phenoxy) is 1. The Kier molecular flexibility index (Phi) is 6.50. The van der Waals surface area contributed by atoms with Crippen LogP contribution in [0.2, 0.25) is 0 Å². The molecule has 44 heavy (non-hydrogen) atoms. The molecule has 6 heterocycles. The predicted molar refractivity (Wildman–Crippen MR) is 163 cm³/mol. The molecular formula is C33H38F2N6O3. The zero-order chi connectivity index (χ0) is 30.2. The van der Waals surface area contributed by atoms with Crippen LogP contribution >= 0.6 is 0 Å². The smallest absolute Gasteiger partial charge is 0.318 e. The summed E-state index contributed by atoms with van der Waals surface area (Å²) in [5.41, 5.74) is 1.87. The minimum Gasteiger partial charge on any atom is -0.508 e. The number of rotatable bonds is 6. The first kappa shape index (κ1) is 27.9. The van der Waals surface area contributed by atoms with Crippen molar-refractivity contribution in [3.63, 3.8) is 0 Å². The maximum Gasteiger partial charge on any atom is 0.318 e. The van der Waals surface area contributed by atoms with Crippen molar-refractivity contribution in [2.75, 3.05) is 55.7 Å². The van der Waals surface area contributed by atoms with Crippen LogP contribution in [-0.4, -0.2) is 83.5 Å². The molecule has 4 saturated heterocycles. The number of aryl methyl sites for hydroxylation is 1. The van der Waals surface area contributed by atoms with Crippen molar-refractivity contribution >= 4 is 28.2 Å². The monoisotopic (exact) mass is 604 g/mol. The summed E-state index contributed by atoms with van der Waals surface area (Å²) in [5.74, 6) is -0.0647. The van der Waals surface area contributed by atoms with Gasteiger partial charge in [0, 0.05) is 50.6 Å². The van der Waals surface area contributed by atoms with Gasteiger partial charge in [-0.3, -0.25) is 9.69 Å². The molecule has 5 aliphatic heterocycles. The lowest BCUT2D eigenvalue weighted by molar-refractivity contribution is 0.0994. The number of carbonyl (C=O) groups excluding carboxylic acids is 1. The molecule has 0 radical (unpaired) electrons. The molecule has 1 aromatic heterocycles. The van der Waals surface area contributed by atoms with Crippen LogP contribution in [-0.2, 0) is 13.0 Å². The van der Waals surface area contributed by atoms with Gasteiger partial charge in [-0.05, 0) is 67.1 Å². The van der Waals surface area contributed by atoms with Crippen LogP contribution in [0, 0.1) is 11.2 Å². The van der Waals surface area contributed by atoms with Gasteiger partial charge in [0.2, 0.25) is 0 Å². The predicted octanol–water partition coefficient (Wildman–Crippen LogP) is 4.34. The number of anilines is 2. The molecule has 1 amide bonds. The number of hydrogen-bond acceptors (Lipinski definition) is 8. The molecule has 11 heteroatoms. The van der Waals surface area contributed by atoms with Crippen LogP contribution in [0.15, 0.2) is 24.3 Å². The number of aromatic nitrogens is 2. The maximum absolute atomic E-state index is 15.0. The molecule has 5 aliphatic rings. The standard InChI is InChI=1S/C33H38F2N6O3/c1-2-23-24(35)5-4-20-12-22(42)13-26(27(20)23)41-16-25-28(30(41)43)29(39-10-7-32(8-11-39)17-36-18-32)38-31(37-25)44-19-33-6-3-9-40(33)15-21(34)14-33/h4-5,12-13,21,36,42H,2-3,6-11,14-19H2,1H3/t21-,33+/m1/s1. The zero-order valence-electron chi connectivity index (χ0n) is 25.0. The van der Waals surface area contributed by atoms with Gasteiger partial charge in [-0.15, -0.1) is 0 Å². The number of amides is 1. The number of piperidine rings is 1. The number of nitrogens with one attached hydrogen (secondary N) is 1. The van der Waals surface area contributed by atoms with Crippen LogP contribution < -0.4 is 19.9 Å². The van der Waals surface area contributed by atoms with Crippen molar-refractivity contribution < 1.29 is 23.4 Å². The average molecular weight is 605 g/mol. The Hall–Kier alpha value is -3.57. The highest BCUT2D eigenvalue weighted by atomic mass is 19.1. The third kappa shape index (κ3) is 4.34. The average Bonchev–Trinajstić information content (AvgIpc) is 3.64. The second-order valence-corrected chi connectivity index (χ2v) is 13.4. The van der Waals surface area contributed by atoms with E-state index in [1.165, 1.54) is 12.1 Å². The van der Waals surface area contributed by atoms with Gasteiger partial charge in [0.05, 0.1) is 23.5 Å². The second kappa shape index (κ2) is 10.2. The van der Waals surface area contributed by atoms with Crippen molar-refractivity contribution in [1.82, 2.24) is 20.2 Å². The first-order valence-corrected chi connectivity index (χ1v) is 15.9. The number of phenolic OH excluding ortho intramolecular Hbond substituents is 1. The summed E-state index contributed by atoms with van der Waals surface area (Å²) in [6.07, 6.45) is 3.90. The molecule has 2 atom stereocenters. The first-order chi connectivity index (χ1) is 21.3. The molecule has 0 bridgehead atoms. The lowest BCUT2D eigenvalue weighted by atomic mass is 9.73. The molecule has 1 spiro atoms. The largest absolute Gasteiger partial charge is 0.508 e. The lowest BCUT2D eigenvalue weighted by Crippen LogP contribution is -2.58. The Morgan fingerprint density at radius 1 is 1.14 bits per heavy atom. The maximum atomic E-state index is 15.0.